The lowest BCUT2D eigenvalue weighted by molar-refractivity contribution is 0.0684. The summed E-state index contributed by atoms with van der Waals surface area (Å²) in [6.45, 7) is 5.69. The summed E-state index contributed by atoms with van der Waals surface area (Å²) in [5, 5.41) is 0. The van der Waals surface area contributed by atoms with E-state index in [9.17, 15) is 4.79 Å². The van der Waals surface area contributed by atoms with Crippen molar-refractivity contribution in [2.45, 2.75) is 19.9 Å². The van der Waals surface area contributed by atoms with Crippen LogP contribution >= 0.6 is 43.2 Å². The lowest BCUT2D eigenvalue weighted by atomic mass is 10.2. The Morgan fingerprint density at radius 2 is 2.06 bits per heavy atom. The fraction of sp³-hybridized carbons (Fsp3) is 0.583. The predicted molar refractivity (Wildman–Crippen MR) is 84.4 cm³/mol. The van der Waals surface area contributed by atoms with Gasteiger partial charge in [0, 0.05) is 23.6 Å². The zero-order valence-corrected chi connectivity index (χ0v) is 15.0. The fourth-order valence-corrected chi connectivity index (χ4v) is 3.87. The topological polar surface area (TPSA) is 23.6 Å². The third-order valence-electron chi connectivity index (χ3n) is 2.62. The molecular formula is C12H18Br2N2OS. The maximum Gasteiger partial charge on any atom is 0.264 e. The summed E-state index contributed by atoms with van der Waals surface area (Å²) in [6.07, 6.45) is 0. The predicted octanol–water partition coefficient (Wildman–Crippen LogP) is 3.69. The second kappa shape index (κ2) is 7.03. The van der Waals surface area contributed by atoms with E-state index >= 15 is 0 Å². The number of carbonyl (C=O) groups excluding carboxylic acids is 1. The first-order chi connectivity index (χ1) is 8.36. The molecule has 0 saturated heterocycles. The lowest BCUT2D eigenvalue weighted by Gasteiger charge is -2.29. The first-order valence-electron chi connectivity index (χ1n) is 5.77. The lowest BCUT2D eigenvalue weighted by Crippen LogP contribution is -2.43. The van der Waals surface area contributed by atoms with Gasteiger partial charge in [-0.2, -0.15) is 0 Å². The van der Waals surface area contributed by atoms with Crippen LogP contribution in [0, 0.1) is 0 Å². The Bertz CT molecular complexity index is 401. The van der Waals surface area contributed by atoms with Gasteiger partial charge in [0.25, 0.3) is 5.91 Å². The van der Waals surface area contributed by atoms with Gasteiger partial charge in [0.2, 0.25) is 0 Å². The van der Waals surface area contributed by atoms with Gasteiger partial charge in [-0.3, -0.25) is 4.79 Å². The fourth-order valence-electron chi connectivity index (χ4n) is 1.88. The molecule has 18 heavy (non-hydrogen) atoms. The molecule has 0 bridgehead atoms. The van der Waals surface area contributed by atoms with Crippen LogP contribution in [0.2, 0.25) is 0 Å². The van der Waals surface area contributed by atoms with Crippen molar-refractivity contribution < 1.29 is 4.79 Å². The number of hydrogen-bond acceptors (Lipinski definition) is 3. The molecule has 0 aliphatic heterocycles. The largest absolute Gasteiger partial charge is 0.334 e. The molecule has 3 nitrogen and oxygen atoms in total. The van der Waals surface area contributed by atoms with E-state index in [1.165, 1.54) is 11.3 Å². The second-order valence-electron chi connectivity index (χ2n) is 4.43. The molecule has 0 fully saturated rings. The Kier molecular flexibility index (Phi) is 6.30. The molecule has 0 aromatic carbocycles. The minimum Gasteiger partial charge on any atom is -0.334 e. The first kappa shape index (κ1) is 16.1. The van der Waals surface area contributed by atoms with E-state index < -0.39 is 0 Å². The summed E-state index contributed by atoms with van der Waals surface area (Å²) in [5.74, 6) is 0.100. The molecule has 6 heteroatoms. The van der Waals surface area contributed by atoms with Crippen LogP contribution < -0.4 is 0 Å². The highest BCUT2D eigenvalue weighted by atomic mass is 79.9. The highest BCUT2D eigenvalue weighted by Gasteiger charge is 2.22. The van der Waals surface area contributed by atoms with Crippen molar-refractivity contribution in [1.29, 1.82) is 0 Å². The molecule has 1 aromatic rings. The van der Waals surface area contributed by atoms with Gasteiger partial charge in [0.1, 0.15) is 0 Å². The SMILES string of the molecule is CCN(C(=O)c1cc(Br)c(Br)s1)C(C)CN(C)C. The second-order valence-corrected chi connectivity index (χ2v) is 7.66. The highest BCUT2D eigenvalue weighted by molar-refractivity contribution is 9.13. The van der Waals surface area contributed by atoms with Crippen LogP contribution in [0.3, 0.4) is 0 Å². The van der Waals surface area contributed by atoms with Crippen LogP contribution in [0.15, 0.2) is 14.3 Å². The minimum absolute atomic E-state index is 0.100. The van der Waals surface area contributed by atoms with Crippen molar-refractivity contribution in [3.05, 3.63) is 19.2 Å². The molecule has 1 atom stereocenters. The Balaban J connectivity index is 2.85. The van der Waals surface area contributed by atoms with E-state index in [2.05, 4.69) is 43.7 Å². The zero-order chi connectivity index (χ0) is 13.9. The van der Waals surface area contributed by atoms with Crippen molar-refractivity contribution in [2.75, 3.05) is 27.2 Å². The highest BCUT2D eigenvalue weighted by Crippen LogP contribution is 2.33. The summed E-state index contributed by atoms with van der Waals surface area (Å²) >= 11 is 8.31. The van der Waals surface area contributed by atoms with Gasteiger partial charge in [0.15, 0.2) is 0 Å². The third kappa shape index (κ3) is 4.05. The van der Waals surface area contributed by atoms with E-state index in [1.54, 1.807) is 0 Å². The van der Waals surface area contributed by atoms with Gasteiger partial charge >= 0.3 is 0 Å². The number of nitrogens with zero attached hydrogens (tertiary/aromatic N) is 2. The molecular weight excluding hydrogens is 380 g/mol. The van der Waals surface area contributed by atoms with Crippen LogP contribution in [0.25, 0.3) is 0 Å². The van der Waals surface area contributed by atoms with Crippen LogP contribution in [-0.2, 0) is 0 Å². The van der Waals surface area contributed by atoms with Crippen molar-refractivity contribution in [3.63, 3.8) is 0 Å². The van der Waals surface area contributed by atoms with E-state index in [1.807, 2.05) is 32.0 Å². The van der Waals surface area contributed by atoms with Crippen LogP contribution in [0.4, 0.5) is 0 Å². The molecule has 0 spiro atoms. The smallest absolute Gasteiger partial charge is 0.264 e. The standard InChI is InChI=1S/C12H18Br2N2OS/c1-5-16(8(2)7-15(3)4)12(17)10-6-9(13)11(14)18-10/h6,8H,5,7H2,1-4H3. The molecule has 1 amide bonds. The molecule has 1 aromatic heterocycles. The van der Waals surface area contributed by atoms with Gasteiger partial charge in [-0.1, -0.05) is 0 Å². The molecule has 0 aliphatic carbocycles. The van der Waals surface area contributed by atoms with Gasteiger partial charge in [-0.25, -0.2) is 0 Å². The number of carbonyl (C=O) groups is 1. The average Bonchev–Trinajstić information content (AvgIpc) is 2.59. The van der Waals surface area contributed by atoms with Crippen molar-refractivity contribution in [1.82, 2.24) is 9.80 Å². The third-order valence-corrected chi connectivity index (χ3v) is 5.86. The molecule has 0 N–H and O–H groups in total. The van der Waals surface area contributed by atoms with Gasteiger partial charge in [0.05, 0.1) is 8.66 Å². The Morgan fingerprint density at radius 1 is 1.44 bits per heavy atom. The summed E-state index contributed by atoms with van der Waals surface area (Å²) in [6, 6.07) is 2.08. The number of thiophene rings is 1. The number of rotatable bonds is 5. The van der Waals surface area contributed by atoms with E-state index in [-0.39, 0.29) is 11.9 Å². The molecule has 1 heterocycles. The first-order valence-corrected chi connectivity index (χ1v) is 8.17. The number of likely N-dealkylation sites (N-methyl/N-ethyl adjacent to an activating group) is 2. The van der Waals surface area contributed by atoms with Gasteiger partial charge in [-0.15, -0.1) is 11.3 Å². The van der Waals surface area contributed by atoms with Gasteiger partial charge < -0.3 is 9.80 Å². The van der Waals surface area contributed by atoms with E-state index in [0.717, 1.165) is 26.2 Å². The maximum absolute atomic E-state index is 12.4. The molecule has 102 valence electrons. The van der Waals surface area contributed by atoms with E-state index in [0.29, 0.717) is 0 Å². The molecule has 1 unspecified atom stereocenters. The number of amides is 1. The Morgan fingerprint density at radius 3 is 2.44 bits per heavy atom. The Hall–Kier alpha value is 0.0900. The zero-order valence-electron chi connectivity index (χ0n) is 11.0. The summed E-state index contributed by atoms with van der Waals surface area (Å²) in [7, 11) is 4.04. The molecule has 0 radical (unpaired) electrons. The molecule has 0 aliphatic rings. The number of hydrogen-bond donors (Lipinski definition) is 0. The van der Waals surface area contributed by atoms with Crippen molar-refractivity contribution in [2.24, 2.45) is 0 Å². The Labute approximate surface area is 129 Å². The monoisotopic (exact) mass is 396 g/mol. The molecule has 1 rings (SSSR count). The number of halogens is 2. The molecule has 0 saturated carbocycles. The summed E-state index contributed by atoms with van der Waals surface area (Å²) in [4.78, 5) is 17.2. The van der Waals surface area contributed by atoms with Crippen LogP contribution in [-0.4, -0.2) is 48.9 Å². The normalized spacial score (nSPS) is 12.8. The summed E-state index contributed by atoms with van der Waals surface area (Å²) in [5.41, 5.74) is 0. The van der Waals surface area contributed by atoms with Crippen molar-refractivity contribution >= 4 is 49.1 Å². The maximum atomic E-state index is 12.4. The quantitative estimate of drug-likeness (QED) is 0.756. The van der Waals surface area contributed by atoms with Crippen LogP contribution in [0.5, 0.6) is 0 Å². The van der Waals surface area contributed by atoms with E-state index in [4.69, 9.17) is 0 Å². The van der Waals surface area contributed by atoms with Crippen molar-refractivity contribution in [3.8, 4) is 0 Å². The van der Waals surface area contributed by atoms with Gasteiger partial charge in [-0.05, 0) is 65.9 Å². The summed E-state index contributed by atoms with van der Waals surface area (Å²) < 4.78 is 1.90. The minimum atomic E-state index is 0.100. The van der Waals surface area contributed by atoms with Crippen LogP contribution in [0.1, 0.15) is 23.5 Å². The average molecular weight is 398 g/mol.